The molecular formula is C10H9ClFN3O. The lowest BCUT2D eigenvalue weighted by atomic mass is 10.1. The quantitative estimate of drug-likeness (QED) is 0.753. The van der Waals surface area contributed by atoms with Gasteiger partial charge in [0.05, 0.1) is 31.5 Å². The predicted octanol–water partition coefficient (Wildman–Crippen LogP) is 1.82. The molecule has 3 rings (SSSR count). The van der Waals surface area contributed by atoms with E-state index in [1.165, 1.54) is 0 Å². The summed E-state index contributed by atoms with van der Waals surface area (Å²) >= 11 is 5.80. The van der Waals surface area contributed by atoms with E-state index in [1.807, 2.05) is 0 Å². The molecule has 0 amide bonds. The van der Waals surface area contributed by atoms with E-state index in [4.69, 9.17) is 16.3 Å². The smallest absolute Gasteiger partial charge is 0.176 e. The van der Waals surface area contributed by atoms with Crippen LogP contribution < -0.4 is 0 Å². The van der Waals surface area contributed by atoms with Crippen molar-refractivity contribution in [1.29, 1.82) is 0 Å². The van der Waals surface area contributed by atoms with Gasteiger partial charge in [-0.05, 0) is 0 Å². The average molecular weight is 242 g/mol. The van der Waals surface area contributed by atoms with Crippen LogP contribution in [0, 0.1) is 0 Å². The summed E-state index contributed by atoms with van der Waals surface area (Å²) < 4.78 is 20.3. The van der Waals surface area contributed by atoms with Crippen LogP contribution in [0.5, 0.6) is 0 Å². The second kappa shape index (κ2) is 3.40. The molecule has 1 aliphatic heterocycles. The number of halogens is 2. The molecule has 4 nitrogen and oxygen atoms in total. The minimum atomic E-state index is -1.30. The summed E-state index contributed by atoms with van der Waals surface area (Å²) in [5.74, 6) is 0. The van der Waals surface area contributed by atoms with Crippen molar-refractivity contribution < 1.29 is 9.13 Å². The van der Waals surface area contributed by atoms with Crippen molar-refractivity contribution in [3.05, 3.63) is 23.6 Å². The maximum atomic E-state index is 13.9. The van der Waals surface area contributed by atoms with Gasteiger partial charge in [-0.3, -0.25) is 4.68 Å². The molecule has 0 aliphatic carbocycles. The molecule has 0 N–H and O–H groups in total. The van der Waals surface area contributed by atoms with Crippen molar-refractivity contribution in [2.24, 2.45) is 0 Å². The molecule has 6 heteroatoms. The maximum absolute atomic E-state index is 13.9. The number of fused-ring (bicyclic) bond motifs is 1. The molecule has 84 valence electrons. The van der Waals surface area contributed by atoms with Crippen LogP contribution in [-0.4, -0.2) is 33.6 Å². The second-order valence-electron chi connectivity index (χ2n) is 4.01. The molecule has 2 aromatic heterocycles. The molecule has 0 spiro atoms. The van der Waals surface area contributed by atoms with Gasteiger partial charge in [0, 0.05) is 17.6 Å². The highest BCUT2D eigenvalue weighted by molar-refractivity contribution is 6.29. The normalized spacial score (nSPS) is 18.6. The molecule has 0 bridgehead atoms. The van der Waals surface area contributed by atoms with Crippen LogP contribution in [0.1, 0.15) is 0 Å². The highest BCUT2D eigenvalue weighted by Gasteiger charge is 2.39. The van der Waals surface area contributed by atoms with Crippen LogP contribution in [0.3, 0.4) is 0 Å². The zero-order valence-corrected chi connectivity index (χ0v) is 9.12. The molecule has 1 saturated heterocycles. The number of pyridine rings is 1. The first-order chi connectivity index (χ1) is 7.66. The van der Waals surface area contributed by atoms with E-state index in [0.29, 0.717) is 5.15 Å². The van der Waals surface area contributed by atoms with Gasteiger partial charge in [0.2, 0.25) is 0 Å². The largest absolute Gasteiger partial charge is 0.374 e. The van der Waals surface area contributed by atoms with E-state index in [1.54, 1.807) is 23.1 Å². The Morgan fingerprint density at radius 1 is 1.50 bits per heavy atom. The van der Waals surface area contributed by atoms with E-state index in [2.05, 4.69) is 10.1 Å². The molecule has 0 saturated carbocycles. The Morgan fingerprint density at radius 3 is 3.00 bits per heavy atom. The molecule has 0 unspecified atom stereocenters. The first-order valence-electron chi connectivity index (χ1n) is 4.90. The SMILES string of the molecule is FC1(Cn2ncc3cnc(Cl)cc32)COC1. The minimum absolute atomic E-state index is 0.132. The molecule has 1 aliphatic rings. The monoisotopic (exact) mass is 241 g/mol. The number of aromatic nitrogens is 3. The fraction of sp³-hybridized carbons (Fsp3) is 0.400. The Hall–Kier alpha value is -1.20. The van der Waals surface area contributed by atoms with Gasteiger partial charge >= 0.3 is 0 Å². The van der Waals surface area contributed by atoms with E-state index < -0.39 is 5.67 Å². The van der Waals surface area contributed by atoms with E-state index in [-0.39, 0.29) is 19.8 Å². The highest BCUT2D eigenvalue weighted by atomic mass is 35.5. The first-order valence-corrected chi connectivity index (χ1v) is 5.28. The molecule has 0 radical (unpaired) electrons. The van der Waals surface area contributed by atoms with Gasteiger partial charge < -0.3 is 4.74 Å². The zero-order valence-electron chi connectivity index (χ0n) is 8.36. The summed E-state index contributed by atoms with van der Waals surface area (Å²) in [6, 6.07) is 1.69. The third kappa shape index (κ3) is 1.56. The summed E-state index contributed by atoms with van der Waals surface area (Å²) in [6.07, 6.45) is 3.28. The fourth-order valence-corrected chi connectivity index (χ4v) is 1.91. The molecular weight excluding hydrogens is 233 g/mol. The molecule has 2 aromatic rings. The number of nitrogens with zero attached hydrogens (tertiary/aromatic N) is 3. The lowest BCUT2D eigenvalue weighted by Crippen LogP contribution is -2.48. The summed E-state index contributed by atoms with van der Waals surface area (Å²) in [5, 5.41) is 5.36. The number of hydrogen-bond donors (Lipinski definition) is 0. The van der Waals surface area contributed by atoms with Crippen LogP contribution in [0.25, 0.3) is 10.9 Å². The number of ether oxygens (including phenoxy) is 1. The summed E-state index contributed by atoms with van der Waals surface area (Å²) in [6.45, 7) is 0.456. The van der Waals surface area contributed by atoms with Crippen LogP contribution >= 0.6 is 11.6 Å². The van der Waals surface area contributed by atoms with Gasteiger partial charge in [-0.2, -0.15) is 5.10 Å². The Labute approximate surface area is 96.0 Å². The number of rotatable bonds is 2. The average Bonchev–Trinajstić information content (AvgIpc) is 2.59. The lowest BCUT2D eigenvalue weighted by Gasteiger charge is -2.33. The predicted molar refractivity (Wildman–Crippen MR) is 57.2 cm³/mol. The number of alkyl halides is 1. The van der Waals surface area contributed by atoms with E-state index in [9.17, 15) is 4.39 Å². The zero-order chi connectivity index (χ0) is 11.2. The van der Waals surface area contributed by atoms with Gasteiger partial charge in [-0.15, -0.1) is 0 Å². The van der Waals surface area contributed by atoms with Gasteiger partial charge in [-0.25, -0.2) is 9.37 Å². The summed E-state index contributed by atoms with van der Waals surface area (Å²) in [4.78, 5) is 3.94. The van der Waals surface area contributed by atoms with E-state index >= 15 is 0 Å². The van der Waals surface area contributed by atoms with Crippen molar-refractivity contribution in [2.75, 3.05) is 13.2 Å². The second-order valence-corrected chi connectivity index (χ2v) is 4.40. The Balaban J connectivity index is 2.00. The Kier molecular flexibility index (Phi) is 2.12. The molecule has 3 heterocycles. The summed E-state index contributed by atoms with van der Waals surface area (Å²) in [5.41, 5.74) is -0.502. The maximum Gasteiger partial charge on any atom is 0.176 e. The van der Waals surface area contributed by atoms with Gasteiger partial charge in [0.25, 0.3) is 0 Å². The topological polar surface area (TPSA) is 39.9 Å². The van der Waals surface area contributed by atoms with Crippen LogP contribution in [0.2, 0.25) is 5.15 Å². The minimum Gasteiger partial charge on any atom is -0.374 e. The van der Waals surface area contributed by atoms with Gasteiger partial charge in [0.15, 0.2) is 5.67 Å². The van der Waals surface area contributed by atoms with Gasteiger partial charge in [-0.1, -0.05) is 11.6 Å². The van der Waals surface area contributed by atoms with E-state index in [0.717, 1.165) is 10.9 Å². The Morgan fingerprint density at radius 2 is 2.31 bits per heavy atom. The van der Waals surface area contributed by atoms with Crippen LogP contribution in [0.15, 0.2) is 18.5 Å². The fourth-order valence-electron chi connectivity index (χ4n) is 1.76. The highest BCUT2D eigenvalue weighted by Crippen LogP contribution is 2.26. The van der Waals surface area contributed by atoms with Crippen molar-refractivity contribution in [3.63, 3.8) is 0 Å². The molecule has 1 fully saturated rings. The van der Waals surface area contributed by atoms with Crippen molar-refractivity contribution >= 4 is 22.5 Å². The Bertz CT molecular complexity index is 538. The third-order valence-electron chi connectivity index (χ3n) is 2.65. The van der Waals surface area contributed by atoms with Crippen molar-refractivity contribution in [3.8, 4) is 0 Å². The van der Waals surface area contributed by atoms with Crippen LogP contribution in [-0.2, 0) is 11.3 Å². The standard InChI is InChI=1S/C10H9ClFN3O/c11-9-1-8-7(2-13-9)3-14-15(8)4-10(12)5-16-6-10/h1-3H,4-6H2. The van der Waals surface area contributed by atoms with Gasteiger partial charge in [0.1, 0.15) is 5.15 Å². The molecule has 16 heavy (non-hydrogen) atoms. The van der Waals surface area contributed by atoms with Crippen molar-refractivity contribution in [2.45, 2.75) is 12.2 Å². The van der Waals surface area contributed by atoms with Crippen molar-refractivity contribution in [1.82, 2.24) is 14.8 Å². The molecule has 0 atom stereocenters. The third-order valence-corrected chi connectivity index (χ3v) is 2.85. The molecule has 0 aromatic carbocycles. The summed E-state index contributed by atoms with van der Waals surface area (Å²) in [7, 11) is 0. The van der Waals surface area contributed by atoms with Crippen LogP contribution in [0.4, 0.5) is 4.39 Å². The number of hydrogen-bond acceptors (Lipinski definition) is 3. The lowest BCUT2D eigenvalue weighted by molar-refractivity contribution is -0.138. The first kappa shape index (κ1) is 9.99.